The van der Waals surface area contributed by atoms with Gasteiger partial charge in [0.25, 0.3) is 0 Å². The molecule has 0 amide bonds. The maximum Gasteiger partial charge on any atom is 0.216 e. The molecule has 1 atom stereocenters. The zero-order valence-corrected chi connectivity index (χ0v) is 10.8. The van der Waals surface area contributed by atoms with Crippen LogP contribution in [0.2, 0.25) is 0 Å². The molecule has 1 aromatic carbocycles. The van der Waals surface area contributed by atoms with Crippen LogP contribution in [0.25, 0.3) is 0 Å². The lowest BCUT2D eigenvalue weighted by molar-refractivity contribution is 0.555. The van der Waals surface area contributed by atoms with Crippen LogP contribution in [0.4, 0.5) is 0 Å². The van der Waals surface area contributed by atoms with Crippen molar-refractivity contribution in [3.63, 3.8) is 0 Å². The SMILES string of the molecule is CC[C@@H](C)NS(=O)(=O)Cc1cccc(C)c1. The topological polar surface area (TPSA) is 46.2 Å². The second-order valence-corrected chi connectivity index (χ2v) is 5.93. The Morgan fingerprint density at radius 1 is 1.38 bits per heavy atom. The van der Waals surface area contributed by atoms with Gasteiger partial charge in [0, 0.05) is 6.04 Å². The van der Waals surface area contributed by atoms with Crippen LogP contribution in [-0.2, 0) is 15.8 Å². The van der Waals surface area contributed by atoms with Crippen LogP contribution in [0.1, 0.15) is 31.4 Å². The van der Waals surface area contributed by atoms with E-state index in [1.807, 2.05) is 45.0 Å². The second-order valence-electron chi connectivity index (χ2n) is 4.18. The fourth-order valence-corrected chi connectivity index (χ4v) is 2.93. The molecule has 16 heavy (non-hydrogen) atoms. The molecule has 0 aliphatic rings. The Labute approximate surface area is 97.9 Å². The van der Waals surface area contributed by atoms with Crippen LogP contribution in [0.15, 0.2) is 24.3 Å². The van der Waals surface area contributed by atoms with E-state index >= 15 is 0 Å². The lowest BCUT2D eigenvalue weighted by Gasteiger charge is -2.12. The molecule has 1 N–H and O–H groups in total. The average molecular weight is 241 g/mol. The molecule has 0 fully saturated rings. The van der Waals surface area contributed by atoms with E-state index in [1.54, 1.807) is 0 Å². The fourth-order valence-electron chi connectivity index (χ4n) is 1.45. The summed E-state index contributed by atoms with van der Waals surface area (Å²) in [5.41, 5.74) is 1.91. The Morgan fingerprint density at radius 3 is 2.62 bits per heavy atom. The number of hydrogen-bond acceptors (Lipinski definition) is 2. The van der Waals surface area contributed by atoms with Gasteiger partial charge in [0.2, 0.25) is 10.0 Å². The zero-order valence-electron chi connectivity index (χ0n) is 10.0. The molecular formula is C12H19NO2S. The van der Waals surface area contributed by atoms with Crippen molar-refractivity contribution in [2.75, 3.05) is 0 Å². The summed E-state index contributed by atoms with van der Waals surface area (Å²) in [5, 5.41) is 0. The van der Waals surface area contributed by atoms with Gasteiger partial charge in [0.1, 0.15) is 0 Å². The number of nitrogens with one attached hydrogen (secondary N) is 1. The van der Waals surface area contributed by atoms with Gasteiger partial charge in [0.05, 0.1) is 5.75 Å². The van der Waals surface area contributed by atoms with Gasteiger partial charge < -0.3 is 0 Å². The van der Waals surface area contributed by atoms with Crippen molar-refractivity contribution < 1.29 is 8.42 Å². The van der Waals surface area contributed by atoms with Crippen molar-refractivity contribution >= 4 is 10.0 Å². The van der Waals surface area contributed by atoms with E-state index in [0.717, 1.165) is 17.5 Å². The first-order valence-electron chi connectivity index (χ1n) is 5.48. The van der Waals surface area contributed by atoms with E-state index in [9.17, 15) is 8.42 Å². The van der Waals surface area contributed by atoms with Crippen LogP contribution in [0, 0.1) is 6.92 Å². The molecule has 0 saturated carbocycles. The quantitative estimate of drug-likeness (QED) is 0.859. The van der Waals surface area contributed by atoms with Gasteiger partial charge in [-0.25, -0.2) is 13.1 Å². The summed E-state index contributed by atoms with van der Waals surface area (Å²) in [7, 11) is -3.21. The van der Waals surface area contributed by atoms with Crippen molar-refractivity contribution in [3.8, 4) is 0 Å². The molecule has 3 nitrogen and oxygen atoms in total. The van der Waals surface area contributed by atoms with Gasteiger partial charge in [-0.2, -0.15) is 0 Å². The van der Waals surface area contributed by atoms with Crippen LogP contribution in [0.3, 0.4) is 0 Å². The zero-order chi connectivity index (χ0) is 12.2. The first-order chi connectivity index (χ1) is 7.43. The monoisotopic (exact) mass is 241 g/mol. The summed E-state index contributed by atoms with van der Waals surface area (Å²) >= 11 is 0. The normalized spacial score (nSPS) is 13.7. The molecule has 0 spiro atoms. The summed E-state index contributed by atoms with van der Waals surface area (Å²) in [4.78, 5) is 0. The minimum atomic E-state index is -3.21. The first kappa shape index (κ1) is 13.2. The maximum absolute atomic E-state index is 11.8. The Balaban J connectivity index is 2.73. The largest absolute Gasteiger partial charge is 0.216 e. The summed E-state index contributed by atoms with van der Waals surface area (Å²) in [5.74, 6) is 0.0546. The van der Waals surface area contributed by atoms with Gasteiger partial charge in [0.15, 0.2) is 0 Å². The van der Waals surface area contributed by atoms with Crippen molar-refractivity contribution in [1.82, 2.24) is 4.72 Å². The molecule has 0 radical (unpaired) electrons. The standard InChI is InChI=1S/C12H19NO2S/c1-4-11(3)13-16(14,15)9-12-7-5-6-10(2)8-12/h5-8,11,13H,4,9H2,1-3H3/t11-/m1/s1. The minimum absolute atomic E-state index is 0.00481. The first-order valence-corrected chi connectivity index (χ1v) is 7.13. The van der Waals surface area contributed by atoms with Crippen molar-refractivity contribution in [1.29, 1.82) is 0 Å². The third-order valence-electron chi connectivity index (χ3n) is 2.43. The molecule has 90 valence electrons. The van der Waals surface area contributed by atoms with E-state index in [1.165, 1.54) is 0 Å². The number of aryl methyl sites for hydroxylation is 1. The Hall–Kier alpha value is -0.870. The lowest BCUT2D eigenvalue weighted by Crippen LogP contribution is -2.32. The average Bonchev–Trinajstić information content (AvgIpc) is 2.15. The summed E-state index contributed by atoms with van der Waals surface area (Å²) in [6.07, 6.45) is 0.799. The van der Waals surface area contributed by atoms with Crippen LogP contribution in [0.5, 0.6) is 0 Å². The van der Waals surface area contributed by atoms with E-state index < -0.39 is 10.0 Å². The molecule has 1 aromatic rings. The fraction of sp³-hybridized carbons (Fsp3) is 0.500. The third-order valence-corrected chi connectivity index (χ3v) is 3.91. The highest BCUT2D eigenvalue weighted by atomic mass is 32.2. The van der Waals surface area contributed by atoms with Gasteiger partial charge in [-0.3, -0.25) is 0 Å². The third kappa shape index (κ3) is 4.33. The van der Waals surface area contributed by atoms with Crippen molar-refractivity contribution in [3.05, 3.63) is 35.4 Å². The number of sulfonamides is 1. The van der Waals surface area contributed by atoms with Gasteiger partial charge in [-0.15, -0.1) is 0 Å². The van der Waals surface area contributed by atoms with E-state index in [2.05, 4.69) is 4.72 Å². The van der Waals surface area contributed by atoms with Gasteiger partial charge >= 0.3 is 0 Å². The highest BCUT2D eigenvalue weighted by Gasteiger charge is 2.13. The molecule has 0 bridgehead atoms. The van der Waals surface area contributed by atoms with Crippen LogP contribution in [-0.4, -0.2) is 14.5 Å². The summed E-state index contributed by atoms with van der Waals surface area (Å²) in [6, 6.07) is 7.56. The molecule has 0 aliphatic heterocycles. The van der Waals surface area contributed by atoms with E-state index in [4.69, 9.17) is 0 Å². The maximum atomic E-state index is 11.8. The Kier molecular flexibility index (Phi) is 4.50. The minimum Gasteiger partial charge on any atom is -0.212 e. The van der Waals surface area contributed by atoms with Crippen molar-refractivity contribution in [2.24, 2.45) is 0 Å². The molecule has 0 heterocycles. The molecule has 0 unspecified atom stereocenters. The number of hydrogen-bond donors (Lipinski definition) is 1. The molecule has 0 aliphatic carbocycles. The predicted octanol–water partition coefficient (Wildman–Crippen LogP) is 2.21. The molecule has 0 saturated heterocycles. The predicted molar refractivity (Wildman–Crippen MR) is 66.7 cm³/mol. The molecule has 1 rings (SSSR count). The summed E-state index contributed by atoms with van der Waals surface area (Å²) < 4.78 is 26.2. The van der Waals surface area contributed by atoms with Crippen molar-refractivity contribution in [2.45, 2.75) is 39.0 Å². The molecule has 0 aromatic heterocycles. The van der Waals surface area contributed by atoms with E-state index in [-0.39, 0.29) is 11.8 Å². The Bertz CT molecular complexity index is 440. The van der Waals surface area contributed by atoms with Gasteiger partial charge in [-0.05, 0) is 25.8 Å². The highest BCUT2D eigenvalue weighted by Crippen LogP contribution is 2.08. The second kappa shape index (κ2) is 5.46. The van der Waals surface area contributed by atoms with Crippen LogP contribution >= 0.6 is 0 Å². The Morgan fingerprint density at radius 2 is 2.06 bits per heavy atom. The lowest BCUT2D eigenvalue weighted by atomic mass is 10.2. The molecular weight excluding hydrogens is 222 g/mol. The highest BCUT2D eigenvalue weighted by molar-refractivity contribution is 7.88. The number of rotatable bonds is 5. The van der Waals surface area contributed by atoms with Crippen LogP contribution < -0.4 is 4.72 Å². The number of benzene rings is 1. The summed E-state index contributed by atoms with van der Waals surface area (Å²) in [6.45, 7) is 5.78. The van der Waals surface area contributed by atoms with Gasteiger partial charge in [-0.1, -0.05) is 36.8 Å². The molecule has 4 heteroatoms. The van der Waals surface area contributed by atoms with E-state index in [0.29, 0.717) is 0 Å². The smallest absolute Gasteiger partial charge is 0.212 e.